The Kier molecular flexibility index (Phi) is 5.01. The molecule has 18 heavy (non-hydrogen) atoms. The molecule has 0 amide bonds. The summed E-state index contributed by atoms with van der Waals surface area (Å²) in [6, 6.07) is 0.477. The molecule has 2 heterocycles. The number of hydrogen-bond acceptors (Lipinski definition) is 4. The molecule has 2 saturated heterocycles. The Morgan fingerprint density at radius 1 is 1.28 bits per heavy atom. The molecule has 1 spiro atoms. The van der Waals surface area contributed by atoms with Gasteiger partial charge in [0.25, 0.3) is 0 Å². The molecule has 2 rings (SSSR count). The zero-order valence-corrected chi connectivity index (χ0v) is 11.7. The molecule has 4 heteroatoms. The van der Waals surface area contributed by atoms with E-state index in [1.807, 2.05) is 0 Å². The fourth-order valence-corrected chi connectivity index (χ4v) is 2.82. The van der Waals surface area contributed by atoms with Gasteiger partial charge in [-0.2, -0.15) is 0 Å². The molecular weight excluding hydrogens is 230 g/mol. The van der Waals surface area contributed by atoms with E-state index in [0.29, 0.717) is 18.5 Å². The van der Waals surface area contributed by atoms with Crippen LogP contribution in [0.25, 0.3) is 0 Å². The number of aliphatic hydroxyl groups is 1. The summed E-state index contributed by atoms with van der Waals surface area (Å²) < 4.78 is 11.4. The van der Waals surface area contributed by atoms with Crippen molar-refractivity contribution in [3.05, 3.63) is 0 Å². The van der Waals surface area contributed by atoms with Gasteiger partial charge in [0.2, 0.25) is 0 Å². The second kappa shape index (κ2) is 6.33. The van der Waals surface area contributed by atoms with Crippen LogP contribution in [0, 0.1) is 5.92 Å². The van der Waals surface area contributed by atoms with Crippen LogP contribution in [0.4, 0.5) is 0 Å². The average molecular weight is 257 g/mol. The largest absolute Gasteiger partial charge is 0.392 e. The lowest BCUT2D eigenvalue weighted by Gasteiger charge is -2.43. The van der Waals surface area contributed by atoms with Crippen molar-refractivity contribution < 1.29 is 14.6 Å². The second-order valence-corrected chi connectivity index (χ2v) is 6.05. The van der Waals surface area contributed by atoms with Crippen molar-refractivity contribution >= 4 is 0 Å². The first-order valence-electron chi connectivity index (χ1n) is 7.24. The minimum atomic E-state index is -0.251. The van der Waals surface area contributed by atoms with Crippen LogP contribution in [0.3, 0.4) is 0 Å². The summed E-state index contributed by atoms with van der Waals surface area (Å²) in [5.41, 5.74) is 0.0386. The van der Waals surface area contributed by atoms with Gasteiger partial charge in [0.1, 0.15) is 0 Å². The lowest BCUT2D eigenvalue weighted by atomic mass is 9.84. The number of nitrogens with one attached hydrogen (secondary N) is 1. The number of aliphatic hydroxyl groups excluding tert-OH is 1. The van der Waals surface area contributed by atoms with E-state index in [1.54, 1.807) is 0 Å². The third kappa shape index (κ3) is 3.67. The first-order chi connectivity index (χ1) is 8.61. The summed E-state index contributed by atoms with van der Waals surface area (Å²) in [7, 11) is 0. The van der Waals surface area contributed by atoms with Crippen LogP contribution in [0.2, 0.25) is 0 Å². The van der Waals surface area contributed by atoms with Crippen LogP contribution in [0.5, 0.6) is 0 Å². The molecular formula is C14H27NO3. The molecule has 2 N–H and O–H groups in total. The maximum atomic E-state index is 9.85. The number of ether oxygens (including phenoxy) is 2. The molecule has 2 aliphatic heterocycles. The Balaban J connectivity index is 1.79. The normalized spacial score (nSPS) is 29.7. The molecule has 0 aromatic heterocycles. The third-order valence-corrected chi connectivity index (χ3v) is 4.28. The smallest absolute Gasteiger partial charge is 0.0741 e. The summed E-state index contributed by atoms with van der Waals surface area (Å²) in [5, 5.41) is 13.3. The monoisotopic (exact) mass is 257 g/mol. The molecule has 4 nitrogen and oxygen atoms in total. The van der Waals surface area contributed by atoms with Gasteiger partial charge in [0.05, 0.1) is 11.7 Å². The Labute approximate surface area is 110 Å². The van der Waals surface area contributed by atoms with E-state index < -0.39 is 0 Å². The van der Waals surface area contributed by atoms with E-state index in [0.717, 1.165) is 45.5 Å². The van der Waals surface area contributed by atoms with Gasteiger partial charge in [-0.25, -0.2) is 0 Å². The lowest BCUT2D eigenvalue weighted by Crippen LogP contribution is -2.51. The Morgan fingerprint density at radius 3 is 2.67 bits per heavy atom. The van der Waals surface area contributed by atoms with Crippen LogP contribution >= 0.6 is 0 Å². The summed E-state index contributed by atoms with van der Waals surface area (Å²) in [6.07, 6.45) is 3.88. The molecule has 0 radical (unpaired) electrons. The van der Waals surface area contributed by atoms with Crippen LogP contribution in [0.15, 0.2) is 0 Å². The van der Waals surface area contributed by atoms with Gasteiger partial charge >= 0.3 is 0 Å². The summed E-state index contributed by atoms with van der Waals surface area (Å²) in [4.78, 5) is 0. The van der Waals surface area contributed by atoms with Gasteiger partial charge in [-0.15, -0.1) is 0 Å². The maximum Gasteiger partial charge on any atom is 0.0741 e. The van der Waals surface area contributed by atoms with Crippen LogP contribution in [-0.2, 0) is 9.47 Å². The van der Waals surface area contributed by atoms with Crippen molar-refractivity contribution in [3.63, 3.8) is 0 Å². The molecule has 106 valence electrons. The van der Waals surface area contributed by atoms with Gasteiger partial charge < -0.3 is 19.9 Å². The highest BCUT2D eigenvalue weighted by Gasteiger charge is 2.38. The van der Waals surface area contributed by atoms with Crippen molar-refractivity contribution in [2.75, 3.05) is 26.4 Å². The van der Waals surface area contributed by atoms with Crippen molar-refractivity contribution in [1.29, 1.82) is 0 Å². The van der Waals surface area contributed by atoms with Crippen LogP contribution < -0.4 is 5.32 Å². The molecule has 0 aliphatic carbocycles. The van der Waals surface area contributed by atoms with E-state index >= 15 is 0 Å². The Hall–Kier alpha value is -0.160. The average Bonchev–Trinajstić information content (AvgIpc) is 2.37. The van der Waals surface area contributed by atoms with Gasteiger partial charge in [-0.1, -0.05) is 13.8 Å². The van der Waals surface area contributed by atoms with Crippen molar-refractivity contribution in [1.82, 2.24) is 5.32 Å². The molecule has 0 saturated carbocycles. The predicted octanol–water partition coefficient (Wildman–Crippen LogP) is 1.32. The zero-order chi connectivity index (χ0) is 13.0. The third-order valence-electron chi connectivity index (χ3n) is 4.28. The highest BCUT2D eigenvalue weighted by Crippen LogP contribution is 2.34. The highest BCUT2D eigenvalue weighted by molar-refractivity contribution is 4.91. The van der Waals surface area contributed by atoms with Gasteiger partial charge in [-0.05, 0) is 31.6 Å². The van der Waals surface area contributed by atoms with E-state index in [9.17, 15) is 5.11 Å². The van der Waals surface area contributed by atoms with Crippen molar-refractivity contribution in [2.45, 2.75) is 57.3 Å². The van der Waals surface area contributed by atoms with Crippen molar-refractivity contribution in [2.24, 2.45) is 5.92 Å². The van der Waals surface area contributed by atoms with E-state index in [-0.39, 0.29) is 11.7 Å². The first-order valence-corrected chi connectivity index (χ1v) is 7.24. The fraction of sp³-hybridized carbons (Fsp3) is 1.00. The lowest BCUT2D eigenvalue weighted by molar-refractivity contribution is -0.140. The predicted molar refractivity (Wildman–Crippen MR) is 70.6 cm³/mol. The minimum Gasteiger partial charge on any atom is -0.392 e. The van der Waals surface area contributed by atoms with Crippen molar-refractivity contribution in [3.8, 4) is 0 Å². The molecule has 2 fully saturated rings. The summed E-state index contributed by atoms with van der Waals surface area (Å²) in [6.45, 7) is 7.26. The quantitative estimate of drug-likeness (QED) is 0.797. The van der Waals surface area contributed by atoms with E-state index in [1.165, 1.54) is 0 Å². The van der Waals surface area contributed by atoms with Gasteiger partial charge in [0, 0.05) is 32.4 Å². The molecule has 2 aliphatic rings. The van der Waals surface area contributed by atoms with Crippen LogP contribution in [0.1, 0.15) is 39.5 Å². The Bertz CT molecular complexity index is 246. The molecule has 0 aromatic rings. The summed E-state index contributed by atoms with van der Waals surface area (Å²) in [5.74, 6) is 0.314. The zero-order valence-electron chi connectivity index (χ0n) is 11.7. The molecule has 0 bridgehead atoms. The molecule has 0 aromatic carbocycles. The fourth-order valence-electron chi connectivity index (χ4n) is 2.82. The number of rotatable bonds is 4. The van der Waals surface area contributed by atoms with Gasteiger partial charge in [0.15, 0.2) is 0 Å². The standard InChI is InChI=1S/C14H27NO3/c1-11(2)13(16)10-15-12-3-6-18-14(9-12)4-7-17-8-5-14/h11-13,15-16H,3-10H2,1-2H3. The maximum absolute atomic E-state index is 9.85. The van der Waals surface area contributed by atoms with Gasteiger partial charge in [-0.3, -0.25) is 0 Å². The SMILES string of the molecule is CC(C)C(O)CNC1CCOC2(CCOCC2)C1. The highest BCUT2D eigenvalue weighted by atomic mass is 16.5. The Morgan fingerprint density at radius 2 is 2.00 bits per heavy atom. The second-order valence-electron chi connectivity index (χ2n) is 6.05. The van der Waals surface area contributed by atoms with Crippen LogP contribution in [-0.4, -0.2) is 49.2 Å². The summed E-state index contributed by atoms with van der Waals surface area (Å²) >= 11 is 0. The van der Waals surface area contributed by atoms with E-state index in [4.69, 9.17) is 9.47 Å². The molecule has 2 atom stereocenters. The molecule has 2 unspecified atom stereocenters. The topological polar surface area (TPSA) is 50.7 Å². The van der Waals surface area contributed by atoms with E-state index in [2.05, 4.69) is 19.2 Å². The number of hydrogen-bond donors (Lipinski definition) is 2. The first kappa shape index (κ1) is 14.3. The minimum absolute atomic E-state index is 0.0386.